The van der Waals surface area contributed by atoms with Crippen LogP contribution in [0.5, 0.6) is 0 Å². The average molecular weight is 783 g/mol. The van der Waals surface area contributed by atoms with Gasteiger partial charge in [0.2, 0.25) is 0 Å². The number of benzene rings is 6. The standard InChI is InChI=1S/2C22H17.C2H6Si.2ClH.Zr/c2*1-14-12-17-5-3-6-18(21(17)13-14)19-11-10-16-9-8-15-4-2-7-20(19)22(15)16;1-3-2;;;/h2*2-7,10-13H,8-9H2,1H3;1-2H3;2*1H;/q2*-1;;;;+2/p-2. The Labute approximate surface area is 323 Å². The van der Waals surface area contributed by atoms with E-state index >= 15 is 0 Å². The Morgan fingerprint density at radius 2 is 0.800 bits per heavy atom. The summed E-state index contributed by atoms with van der Waals surface area (Å²) in [7, 11) is 0. The number of halogens is 2. The molecule has 0 heterocycles. The SMILES string of the molecule is C[Si](C)=[Zr+2].Cc1cc2c(-c3ccc4c5c(cccc35)CC4)cccc2[cH-]1.Cc1cc2c(-c3ccc4c5c(cccc35)CC4)cccc2[cH-]1.[Cl-].[Cl-]. The molecule has 2 aliphatic carbocycles. The Bertz CT molecular complexity index is 2340. The van der Waals surface area contributed by atoms with Gasteiger partial charge in [0.05, 0.1) is 0 Å². The number of aryl methyl sites for hydroxylation is 6. The van der Waals surface area contributed by atoms with Gasteiger partial charge in [0.25, 0.3) is 0 Å². The molecule has 0 nitrogen and oxygen atoms in total. The van der Waals surface area contributed by atoms with E-state index in [1.807, 2.05) is 0 Å². The zero-order valence-corrected chi connectivity index (χ0v) is 34.1. The van der Waals surface area contributed by atoms with Crippen LogP contribution in [0.25, 0.3) is 65.3 Å². The first kappa shape index (κ1) is 36.5. The molecular formula is C46H40Cl2SiZr-2. The molecule has 248 valence electrons. The fourth-order valence-electron chi connectivity index (χ4n) is 8.20. The van der Waals surface area contributed by atoms with Gasteiger partial charge in [-0.1, -0.05) is 97.8 Å². The van der Waals surface area contributed by atoms with E-state index in [-0.39, 0.29) is 30.2 Å². The van der Waals surface area contributed by atoms with E-state index in [9.17, 15) is 0 Å². The molecule has 0 fully saturated rings. The fourth-order valence-corrected chi connectivity index (χ4v) is 8.20. The van der Waals surface area contributed by atoms with Crippen LogP contribution in [-0.4, -0.2) is 5.43 Å². The predicted molar refractivity (Wildman–Crippen MR) is 207 cm³/mol. The second-order valence-electron chi connectivity index (χ2n) is 13.9. The van der Waals surface area contributed by atoms with E-state index in [2.05, 4.69) is 148 Å². The van der Waals surface area contributed by atoms with Gasteiger partial charge < -0.3 is 24.8 Å². The Balaban J connectivity index is 0.000000151. The molecule has 0 saturated carbocycles. The minimum atomic E-state index is 0. The minimum Gasteiger partial charge on any atom is -1.00 e. The van der Waals surface area contributed by atoms with Gasteiger partial charge in [0.1, 0.15) is 0 Å². The van der Waals surface area contributed by atoms with E-state index in [0.29, 0.717) is 0 Å². The number of fused-ring (bicyclic) bond motifs is 2. The van der Waals surface area contributed by atoms with Gasteiger partial charge >= 0.3 is 41.9 Å². The normalized spacial score (nSPS) is 12.3. The van der Waals surface area contributed by atoms with Gasteiger partial charge in [0.15, 0.2) is 0 Å². The zero-order chi connectivity index (χ0) is 32.9. The van der Waals surface area contributed by atoms with Crippen molar-refractivity contribution in [1.29, 1.82) is 0 Å². The molecule has 0 saturated heterocycles. The van der Waals surface area contributed by atoms with Crippen LogP contribution in [-0.2, 0) is 49.0 Å². The second kappa shape index (κ2) is 15.1. The first-order chi connectivity index (χ1) is 23.4. The zero-order valence-electron chi connectivity index (χ0n) is 29.1. The molecule has 0 spiro atoms. The van der Waals surface area contributed by atoms with Crippen molar-refractivity contribution in [2.24, 2.45) is 0 Å². The Hall–Kier alpha value is -3.26. The maximum absolute atomic E-state index is 2.34. The van der Waals surface area contributed by atoms with Crippen LogP contribution in [0.2, 0.25) is 13.1 Å². The molecule has 0 aliphatic heterocycles. The second-order valence-corrected chi connectivity index (χ2v) is 23.3. The van der Waals surface area contributed by atoms with E-state index < -0.39 is 0 Å². The maximum Gasteiger partial charge on any atom is -0.0108 e. The van der Waals surface area contributed by atoms with Crippen molar-refractivity contribution < 1.29 is 48.1 Å². The molecule has 0 N–H and O–H groups in total. The van der Waals surface area contributed by atoms with Crippen molar-refractivity contribution in [2.75, 3.05) is 0 Å². The van der Waals surface area contributed by atoms with Gasteiger partial charge in [-0.3, -0.25) is 0 Å². The summed E-state index contributed by atoms with van der Waals surface area (Å²) in [6, 6.07) is 45.4. The van der Waals surface area contributed by atoms with Crippen molar-refractivity contribution in [3.8, 4) is 22.3 Å². The third kappa shape index (κ3) is 6.73. The Kier molecular flexibility index (Phi) is 11.1. The number of hydrogen-bond acceptors (Lipinski definition) is 0. The van der Waals surface area contributed by atoms with Gasteiger partial charge in [-0.05, 0) is 80.6 Å². The molecule has 0 bridgehead atoms. The average Bonchev–Trinajstić information content (AvgIpc) is 3.87. The number of rotatable bonds is 2. The summed E-state index contributed by atoms with van der Waals surface area (Å²) < 4.78 is 0. The van der Waals surface area contributed by atoms with Crippen molar-refractivity contribution in [3.63, 3.8) is 0 Å². The van der Waals surface area contributed by atoms with Crippen LogP contribution in [0.4, 0.5) is 0 Å². The van der Waals surface area contributed by atoms with Crippen molar-refractivity contribution in [2.45, 2.75) is 52.6 Å². The first-order valence-corrected chi connectivity index (χ1v) is 23.5. The fraction of sp³-hybridized carbons (Fsp3) is 0.174. The summed E-state index contributed by atoms with van der Waals surface area (Å²) in [4.78, 5) is 0. The van der Waals surface area contributed by atoms with Crippen LogP contribution in [0, 0.1) is 13.8 Å². The van der Waals surface area contributed by atoms with E-state index in [1.165, 1.54) is 124 Å². The quantitative estimate of drug-likeness (QED) is 0.142. The van der Waals surface area contributed by atoms with Gasteiger partial charge in [0, 0.05) is 0 Å². The maximum atomic E-state index is 2.34. The van der Waals surface area contributed by atoms with E-state index in [4.69, 9.17) is 0 Å². The summed E-state index contributed by atoms with van der Waals surface area (Å²) in [6.07, 6.45) is 4.76. The molecule has 2 aliphatic rings. The number of hydrogen-bond donors (Lipinski definition) is 0. The summed E-state index contributed by atoms with van der Waals surface area (Å²) >= 11 is 1.74. The van der Waals surface area contributed by atoms with Crippen LogP contribution in [0.3, 0.4) is 0 Å². The summed E-state index contributed by atoms with van der Waals surface area (Å²) in [5.74, 6) is 0. The molecule has 0 radical (unpaired) electrons. The van der Waals surface area contributed by atoms with Crippen LogP contribution in [0.1, 0.15) is 33.4 Å². The summed E-state index contributed by atoms with van der Waals surface area (Å²) in [6.45, 7) is 8.97. The van der Waals surface area contributed by atoms with E-state index in [0.717, 1.165) is 0 Å². The Morgan fingerprint density at radius 1 is 0.460 bits per heavy atom. The topological polar surface area (TPSA) is 0 Å². The van der Waals surface area contributed by atoms with Gasteiger partial charge in [-0.25, -0.2) is 0 Å². The smallest absolute Gasteiger partial charge is 0.0108 e. The van der Waals surface area contributed by atoms with Crippen LogP contribution >= 0.6 is 0 Å². The molecular weight excluding hydrogens is 743 g/mol. The molecule has 0 unspecified atom stereocenters. The molecule has 8 aromatic carbocycles. The van der Waals surface area contributed by atoms with E-state index in [1.54, 1.807) is 23.3 Å². The molecule has 10 rings (SSSR count). The molecule has 0 amide bonds. The summed E-state index contributed by atoms with van der Waals surface area (Å²) in [5.41, 5.74) is 14.4. The van der Waals surface area contributed by atoms with Gasteiger partial charge in [-0.2, -0.15) is 12.1 Å². The monoisotopic (exact) mass is 780 g/mol. The molecule has 0 atom stereocenters. The molecule has 8 aromatic rings. The van der Waals surface area contributed by atoms with Crippen molar-refractivity contribution in [3.05, 3.63) is 155 Å². The third-order valence-electron chi connectivity index (χ3n) is 10.1. The van der Waals surface area contributed by atoms with Gasteiger partial charge in [-0.15, -0.1) is 69.1 Å². The van der Waals surface area contributed by atoms with Crippen molar-refractivity contribution >= 4 is 48.5 Å². The summed E-state index contributed by atoms with van der Waals surface area (Å²) in [5, 5.41) is 11.3. The van der Waals surface area contributed by atoms with Crippen molar-refractivity contribution in [1.82, 2.24) is 0 Å². The molecule has 4 heteroatoms. The van der Waals surface area contributed by atoms with Crippen LogP contribution < -0.4 is 24.8 Å². The minimum absolute atomic E-state index is 0. The Morgan fingerprint density at radius 3 is 1.20 bits per heavy atom. The molecule has 0 aromatic heterocycles. The predicted octanol–water partition coefficient (Wildman–Crippen LogP) is 6.36. The third-order valence-corrected chi connectivity index (χ3v) is 10.1. The largest absolute Gasteiger partial charge is 1.00 e. The van der Waals surface area contributed by atoms with Crippen LogP contribution in [0.15, 0.2) is 121 Å². The first-order valence-electron chi connectivity index (χ1n) is 17.3. The molecule has 50 heavy (non-hydrogen) atoms.